The van der Waals surface area contributed by atoms with E-state index in [2.05, 4.69) is 0 Å². The second kappa shape index (κ2) is 5.88. The Morgan fingerprint density at radius 2 is 2.05 bits per heavy atom. The van der Waals surface area contributed by atoms with Crippen LogP contribution in [0.25, 0.3) is 0 Å². The number of ether oxygens (including phenoxy) is 1. The second-order valence-corrected chi connectivity index (χ2v) is 4.43. The van der Waals surface area contributed by atoms with Crippen molar-refractivity contribution >= 4 is 17.3 Å². The zero-order valence-corrected chi connectivity index (χ0v) is 11.4. The number of nitro benzene ring substituents is 1. The smallest absolute Gasteiger partial charge is 0.269 e. The van der Waals surface area contributed by atoms with Crippen molar-refractivity contribution in [2.75, 3.05) is 0 Å². The molecule has 0 aliphatic carbocycles. The number of non-ortho nitro benzene ring substituents is 1. The molecule has 4 nitrogen and oxygen atoms in total. The van der Waals surface area contributed by atoms with Gasteiger partial charge < -0.3 is 4.74 Å². The zero-order valence-electron chi connectivity index (χ0n) is 10.6. The molecule has 20 heavy (non-hydrogen) atoms. The molecule has 0 bridgehead atoms. The van der Waals surface area contributed by atoms with E-state index in [0.717, 1.165) is 0 Å². The Kier molecular flexibility index (Phi) is 4.20. The maximum atomic E-state index is 13.6. The van der Waals surface area contributed by atoms with Gasteiger partial charge in [-0.3, -0.25) is 10.1 Å². The van der Waals surface area contributed by atoms with Crippen molar-refractivity contribution in [1.82, 2.24) is 0 Å². The summed E-state index contributed by atoms with van der Waals surface area (Å²) in [5.41, 5.74) is 0.822. The number of alkyl halides is 1. The molecule has 2 rings (SSSR count). The molecule has 0 unspecified atom stereocenters. The number of hydrogen-bond acceptors (Lipinski definition) is 3. The van der Waals surface area contributed by atoms with Crippen LogP contribution in [0.2, 0.25) is 0 Å². The van der Waals surface area contributed by atoms with Gasteiger partial charge in [-0.05, 0) is 30.7 Å². The third-order valence-corrected chi connectivity index (χ3v) is 3.07. The maximum Gasteiger partial charge on any atom is 0.269 e. The molecule has 0 fully saturated rings. The summed E-state index contributed by atoms with van der Waals surface area (Å²) in [5, 5.41) is 10.7. The van der Waals surface area contributed by atoms with Crippen LogP contribution in [0.5, 0.6) is 11.5 Å². The Hall–Kier alpha value is -2.14. The molecule has 6 heteroatoms. The first-order valence-electron chi connectivity index (χ1n) is 5.79. The Bertz CT molecular complexity index is 661. The molecule has 0 heterocycles. The topological polar surface area (TPSA) is 52.4 Å². The van der Waals surface area contributed by atoms with Crippen molar-refractivity contribution in [3.05, 3.63) is 63.5 Å². The summed E-state index contributed by atoms with van der Waals surface area (Å²) in [7, 11) is 0. The van der Waals surface area contributed by atoms with Crippen molar-refractivity contribution in [1.29, 1.82) is 0 Å². The molecular weight excluding hydrogens is 285 g/mol. The number of rotatable bonds is 4. The Morgan fingerprint density at radius 3 is 2.65 bits per heavy atom. The zero-order chi connectivity index (χ0) is 14.7. The molecule has 0 atom stereocenters. The van der Waals surface area contributed by atoms with E-state index in [0.29, 0.717) is 17.1 Å². The fourth-order valence-electron chi connectivity index (χ4n) is 1.74. The van der Waals surface area contributed by atoms with Crippen LogP contribution in [0.15, 0.2) is 36.4 Å². The predicted octanol–water partition coefficient (Wildman–Crippen LogP) is 4.57. The monoisotopic (exact) mass is 295 g/mol. The van der Waals surface area contributed by atoms with Gasteiger partial charge >= 0.3 is 0 Å². The Morgan fingerprint density at radius 1 is 1.30 bits per heavy atom. The highest BCUT2D eigenvalue weighted by atomic mass is 35.5. The summed E-state index contributed by atoms with van der Waals surface area (Å²) in [5.74, 6) is 0.259. The molecule has 0 amide bonds. The lowest BCUT2D eigenvalue weighted by Gasteiger charge is -2.12. The van der Waals surface area contributed by atoms with Crippen LogP contribution >= 0.6 is 11.6 Å². The molecule has 0 saturated carbocycles. The molecule has 0 saturated heterocycles. The van der Waals surface area contributed by atoms with E-state index in [1.165, 1.54) is 30.3 Å². The fourth-order valence-corrected chi connectivity index (χ4v) is 2.00. The second-order valence-electron chi connectivity index (χ2n) is 4.16. The highest BCUT2D eigenvalue weighted by Gasteiger charge is 2.13. The summed E-state index contributed by atoms with van der Waals surface area (Å²) in [6, 6.07) is 8.63. The quantitative estimate of drug-likeness (QED) is 0.471. The highest BCUT2D eigenvalue weighted by molar-refractivity contribution is 6.17. The van der Waals surface area contributed by atoms with Gasteiger partial charge in [-0.25, -0.2) is 4.39 Å². The summed E-state index contributed by atoms with van der Waals surface area (Å²) >= 11 is 5.70. The van der Waals surface area contributed by atoms with Gasteiger partial charge in [-0.15, -0.1) is 11.6 Å². The van der Waals surface area contributed by atoms with Crippen LogP contribution in [0.3, 0.4) is 0 Å². The minimum atomic E-state index is -0.483. The average molecular weight is 296 g/mol. The largest absolute Gasteiger partial charge is 0.457 e. The van der Waals surface area contributed by atoms with Gasteiger partial charge in [0.15, 0.2) is 0 Å². The molecule has 104 valence electrons. The number of nitrogens with zero attached hydrogens (tertiary/aromatic N) is 1. The van der Waals surface area contributed by atoms with E-state index >= 15 is 0 Å². The first-order chi connectivity index (χ1) is 9.52. The molecule has 0 aliphatic rings. The van der Waals surface area contributed by atoms with Crippen LogP contribution in [-0.2, 0) is 5.88 Å². The number of hydrogen-bond donors (Lipinski definition) is 0. The van der Waals surface area contributed by atoms with Gasteiger partial charge in [0.1, 0.15) is 17.3 Å². The lowest BCUT2D eigenvalue weighted by atomic mass is 10.2. The van der Waals surface area contributed by atoms with Gasteiger partial charge in [0.2, 0.25) is 0 Å². The molecule has 2 aromatic carbocycles. The van der Waals surface area contributed by atoms with E-state index in [4.69, 9.17) is 16.3 Å². The average Bonchev–Trinajstić information content (AvgIpc) is 2.41. The number of nitro groups is 1. The van der Waals surface area contributed by atoms with Crippen LogP contribution in [0, 0.1) is 22.9 Å². The molecule has 0 spiro atoms. The summed E-state index contributed by atoms with van der Waals surface area (Å²) in [6.45, 7) is 1.68. The predicted molar refractivity (Wildman–Crippen MR) is 73.9 cm³/mol. The van der Waals surface area contributed by atoms with Gasteiger partial charge in [0.05, 0.1) is 10.8 Å². The normalized spacial score (nSPS) is 10.3. The summed E-state index contributed by atoms with van der Waals surface area (Å²) in [4.78, 5) is 10.2. The van der Waals surface area contributed by atoms with E-state index in [9.17, 15) is 14.5 Å². The highest BCUT2D eigenvalue weighted by Crippen LogP contribution is 2.31. The van der Waals surface area contributed by atoms with Crippen LogP contribution < -0.4 is 4.74 Å². The lowest BCUT2D eigenvalue weighted by molar-refractivity contribution is -0.384. The first kappa shape index (κ1) is 14.3. The van der Waals surface area contributed by atoms with E-state index in [1.54, 1.807) is 13.0 Å². The van der Waals surface area contributed by atoms with Crippen molar-refractivity contribution in [3.8, 4) is 11.5 Å². The lowest BCUT2D eigenvalue weighted by Crippen LogP contribution is -1.95. The Balaban J connectivity index is 2.36. The van der Waals surface area contributed by atoms with Crippen LogP contribution in [0.4, 0.5) is 10.1 Å². The molecule has 2 aromatic rings. The molecule has 0 radical (unpaired) electrons. The van der Waals surface area contributed by atoms with Gasteiger partial charge in [-0.1, -0.05) is 6.07 Å². The SMILES string of the molecule is Cc1cc([N+](=O)[O-])ccc1Oc1cccc(F)c1CCl. The summed E-state index contributed by atoms with van der Waals surface area (Å²) < 4.78 is 19.2. The van der Waals surface area contributed by atoms with Gasteiger partial charge in [0, 0.05) is 17.7 Å². The van der Waals surface area contributed by atoms with Crippen molar-refractivity contribution in [2.45, 2.75) is 12.8 Å². The van der Waals surface area contributed by atoms with Crippen molar-refractivity contribution in [2.24, 2.45) is 0 Å². The molecule has 0 aromatic heterocycles. The van der Waals surface area contributed by atoms with E-state index in [-0.39, 0.29) is 17.1 Å². The third kappa shape index (κ3) is 2.88. The minimum Gasteiger partial charge on any atom is -0.457 e. The molecular formula is C14H11ClFNO3. The van der Waals surface area contributed by atoms with Crippen molar-refractivity contribution < 1.29 is 14.1 Å². The number of aryl methyl sites for hydroxylation is 1. The molecule has 0 N–H and O–H groups in total. The van der Waals surface area contributed by atoms with Gasteiger partial charge in [-0.2, -0.15) is 0 Å². The Labute approximate surface area is 119 Å². The van der Waals surface area contributed by atoms with E-state index in [1.807, 2.05) is 0 Å². The van der Waals surface area contributed by atoms with Crippen molar-refractivity contribution in [3.63, 3.8) is 0 Å². The summed E-state index contributed by atoms with van der Waals surface area (Å²) in [6.07, 6.45) is 0. The maximum absolute atomic E-state index is 13.6. The molecule has 0 aliphatic heterocycles. The first-order valence-corrected chi connectivity index (χ1v) is 6.32. The van der Waals surface area contributed by atoms with Crippen LogP contribution in [-0.4, -0.2) is 4.92 Å². The standard InChI is InChI=1S/C14H11ClFNO3/c1-9-7-10(17(18)19)5-6-13(9)20-14-4-2-3-12(16)11(14)8-15/h2-7H,8H2,1H3. The van der Waals surface area contributed by atoms with Gasteiger partial charge in [0.25, 0.3) is 5.69 Å². The minimum absolute atomic E-state index is 0.0198. The number of halogens is 2. The van der Waals surface area contributed by atoms with Crippen LogP contribution in [0.1, 0.15) is 11.1 Å². The van der Waals surface area contributed by atoms with E-state index < -0.39 is 10.7 Å². The number of benzene rings is 2. The fraction of sp³-hybridized carbons (Fsp3) is 0.143. The third-order valence-electron chi connectivity index (χ3n) is 2.80.